The van der Waals surface area contributed by atoms with Crippen molar-refractivity contribution in [2.75, 3.05) is 34.2 Å². The molecular weight excluding hydrogens is 370 g/mol. The van der Waals surface area contributed by atoms with Gasteiger partial charge in [0, 0.05) is 51.9 Å². The largest absolute Gasteiger partial charge is 0.459 e. The molecule has 1 aromatic heterocycles. The minimum absolute atomic E-state index is 0.0173. The zero-order valence-electron chi connectivity index (χ0n) is 17.4. The molecule has 0 unspecified atom stereocenters. The van der Waals surface area contributed by atoms with Gasteiger partial charge >= 0.3 is 0 Å². The molecule has 0 radical (unpaired) electrons. The van der Waals surface area contributed by atoms with Gasteiger partial charge in [-0.2, -0.15) is 0 Å². The molecule has 0 saturated heterocycles. The van der Waals surface area contributed by atoms with E-state index in [1.165, 1.54) is 6.26 Å². The number of nitrogens with zero attached hydrogens (tertiary/aromatic N) is 2. The minimum atomic E-state index is -0.203. The zero-order valence-corrected chi connectivity index (χ0v) is 17.4. The Morgan fingerprint density at radius 2 is 1.72 bits per heavy atom. The molecule has 0 saturated carbocycles. The average molecular weight is 399 g/mol. The lowest BCUT2D eigenvalue weighted by atomic mass is 10.1. The van der Waals surface area contributed by atoms with E-state index in [9.17, 15) is 9.59 Å². The molecule has 8 nitrogen and oxygen atoms in total. The van der Waals surface area contributed by atoms with Crippen molar-refractivity contribution in [3.8, 4) is 0 Å². The number of hydrogen-bond acceptors (Lipinski definition) is 4. The first-order valence-corrected chi connectivity index (χ1v) is 9.49. The summed E-state index contributed by atoms with van der Waals surface area (Å²) in [7, 11) is 5.17. The van der Waals surface area contributed by atoms with Crippen LogP contribution in [-0.4, -0.2) is 56.9 Å². The third-order valence-electron chi connectivity index (χ3n) is 4.29. The van der Waals surface area contributed by atoms with Crippen molar-refractivity contribution in [3.63, 3.8) is 0 Å². The van der Waals surface area contributed by atoms with E-state index in [0.717, 1.165) is 17.5 Å². The van der Waals surface area contributed by atoms with Crippen molar-refractivity contribution in [3.05, 3.63) is 59.0 Å². The molecule has 2 rings (SSSR count). The number of hydrogen-bond donors (Lipinski definition) is 3. The van der Waals surface area contributed by atoms with Gasteiger partial charge < -0.3 is 25.3 Å². The van der Waals surface area contributed by atoms with Gasteiger partial charge in [0.15, 0.2) is 11.7 Å². The third kappa shape index (κ3) is 6.67. The molecule has 0 bridgehead atoms. The van der Waals surface area contributed by atoms with E-state index in [0.29, 0.717) is 36.9 Å². The summed E-state index contributed by atoms with van der Waals surface area (Å²) >= 11 is 0. The fourth-order valence-corrected chi connectivity index (χ4v) is 2.61. The Balaban J connectivity index is 1.68. The molecule has 156 valence electrons. The SMILES string of the molecule is CN=C(NCCCNC(=O)c1occc1C)NCc1ccc(C(=O)N(C)C)cc1. The fraction of sp³-hybridized carbons (Fsp3) is 0.381. The number of carbonyl (C=O) groups is 2. The van der Waals surface area contributed by atoms with Crippen molar-refractivity contribution in [2.45, 2.75) is 19.9 Å². The molecule has 8 heteroatoms. The monoisotopic (exact) mass is 399 g/mol. The topological polar surface area (TPSA) is 99.0 Å². The summed E-state index contributed by atoms with van der Waals surface area (Å²) in [6, 6.07) is 9.24. The average Bonchev–Trinajstić information content (AvgIpc) is 3.15. The number of nitrogens with one attached hydrogen (secondary N) is 3. The van der Waals surface area contributed by atoms with Crippen LogP contribution in [0.3, 0.4) is 0 Å². The van der Waals surface area contributed by atoms with Crippen LogP contribution in [0.5, 0.6) is 0 Å². The number of carbonyl (C=O) groups excluding carboxylic acids is 2. The third-order valence-corrected chi connectivity index (χ3v) is 4.29. The summed E-state index contributed by atoms with van der Waals surface area (Å²) in [5.74, 6) is 0.808. The molecular formula is C21H29N5O3. The van der Waals surface area contributed by atoms with E-state index in [-0.39, 0.29) is 11.8 Å². The first-order valence-electron chi connectivity index (χ1n) is 9.49. The maximum absolute atomic E-state index is 12.0. The van der Waals surface area contributed by atoms with E-state index in [1.54, 1.807) is 32.1 Å². The van der Waals surface area contributed by atoms with Gasteiger partial charge in [0.1, 0.15) is 0 Å². The molecule has 0 aliphatic heterocycles. The van der Waals surface area contributed by atoms with Crippen molar-refractivity contribution in [2.24, 2.45) is 4.99 Å². The molecule has 3 N–H and O–H groups in total. The Morgan fingerprint density at radius 1 is 1.03 bits per heavy atom. The van der Waals surface area contributed by atoms with Gasteiger partial charge in [-0.3, -0.25) is 14.6 Å². The van der Waals surface area contributed by atoms with Crippen molar-refractivity contribution in [1.29, 1.82) is 0 Å². The summed E-state index contributed by atoms with van der Waals surface area (Å²) in [4.78, 5) is 29.6. The molecule has 1 heterocycles. The fourth-order valence-electron chi connectivity index (χ4n) is 2.61. The minimum Gasteiger partial charge on any atom is -0.459 e. The van der Waals surface area contributed by atoms with E-state index in [2.05, 4.69) is 20.9 Å². The lowest BCUT2D eigenvalue weighted by Gasteiger charge is -2.13. The van der Waals surface area contributed by atoms with Crippen LogP contribution < -0.4 is 16.0 Å². The van der Waals surface area contributed by atoms with Gasteiger partial charge in [0.05, 0.1) is 6.26 Å². The van der Waals surface area contributed by atoms with Crippen LogP contribution in [0.15, 0.2) is 46.0 Å². The van der Waals surface area contributed by atoms with Crippen LogP contribution in [-0.2, 0) is 6.54 Å². The lowest BCUT2D eigenvalue weighted by molar-refractivity contribution is 0.0827. The molecule has 0 atom stereocenters. The standard InChI is InChI=1S/C21H29N5O3/c1-15-10-13-29-18(15)19(27)23-11-5-12-24-21(22-2)25-14-16-6-8-17(9-7-16)20(28)26(3)4/h6-10,13H,5,11-12,14H2,1-4H3,(H,23,27)(H2,22,24,25). The first-order chi connectivity index (χ1) is 13.9. The Morgan fingerprint density at radius 3 is 2.31 bits per heavy atom. The van der Waals surface area contributed by atoms with E-state index >= 15 is 0 Å². The van der Waals surface area contributed by atoms with Gasteiger partial charge in [0.25, 0.3) is 11.8 Å². The van der Waals surface area contributed by atoms with E-state index < -0.39 is 0 Å². The number of amides is 2. The van der Waals surface area contributed by atoms with Crippen LogP contribution in [0.2, 0.25) is 0 Å². The first kappa shape index (κ1) is 22.0. The van der Waals surface area contributed by atoms with Crippen LogP contribution in [0.1, 0.15) is 38.5 Å². The number of aryl methyl sites for hydroxylation is 1. The number of benzene rings is 1. The van der Waals surface area contributed by atoms with E-state index in [1.807, 2.05) is 31.2 Å². The molecule has 2 amide bonds. The van der Waals surface area contributed by atoms with Gasteiger partial charge in [-0.1, -0.05) is 12.1 Å². The maximum atomic E-state index is 12.0. The highest BCUT2D eigenvalue weighted by Crippen LogP contribution is 2.08. The zero-order chi connectivity index (χ0) is 21.2. The second-order valence-electron chi connectivity index (χ2n) is 6.79. The van der Waals surface area contributed by atoms with E-state index in [4.69, 9.17) is 4.42 Å². The molecule has 29 heavy (non-hydrogen) atoms. The number of guanidine groups is 1. The number of aliphatic imine (C=N–C) groups is 1. The van der Waals surface area contributed by atoms with Crippen LogP contribution in [0.25, 0.3) is 0 Å². The summed E-state index contributed by atoms with van der Waals surface area (Å²) in [5.41, 5.74) is 2.53. The maximum Gasteiger partial charge on any atom is 0.287 e. The normalized spacial score (nSPS) is 11.1. The summed E-state index contributed by atoms with van der Waals surface area (Å²) < 4.78 is 5.17. The van der Waals surface area contributed by atoms with Gasteiger partial charge in [-0.05, 0) is 37.1 Å². The molecule has 0 fully saturated rings. The Kier molecular flexibility index (Phi) is 8.27. The lowest BCUT2D eigenvalue weighted by Crippen LogP contribution is -2.38. The van der Waals surface area contributed by atoms with Gasteiger partial charge in [-0.25, -0.2) is 0 Å². The highest BCUT2D eigenvalue weighted by molar-refractivity contribution is 5.94. The number of rotatable bonds is 8. The quantitative estimate of drug-likeness (QED) is 0.357. The Bertz CT molecular complexity index is 840. The smallest absolute Gasteiger partial charge is 0.287 e. The Hall–Kier alpha value is -3.29. The van der Waals surface area contributed by atoms with Crippen LogP contribution in [0, 0.1) is 6.92 Å². The number of furan rings is 1. The van der Waals surface area contributed by atoms with Crippen molar-refractivity contribution < 1.29 is 14.0 Å². The molecule has 1 aromatic carbocycles. The Labute approximate surface area is 171 Å². The summed E-state index contributed by atoms with van der Waals surface area (Å²) in [6.45, 7) is 3.62. The highest BCUT2D eigenvalue weighted by Gasteiger charge is 2.11. The molecule has 0 aliphatic carbocycles. The van der Waals surface area contributed by atoms with Crippen molar-refractivity contribution >= 4 is 17.8 Å². The van der Waals surface area contributed by atoms with Crippen molar-refractivity contribution in [1.82, 2.24) is 20.9 Å². The second kappa shape index (κ2) is 10.9. The van der Waals surface area contributed by atoms with Crippen LogP contribution in [0.4, 0.5) is 0 Å². The second-order valence-corrected chi connectivity index (χ2v) is 6.79. The molecule has 0 aliphatic rings. The van der Waals surface area contributed by atoms with Gasteiger partial charge in [-0.15, -0.1) is 0 Å². The summed E-state index contributed by atoms with van der Waals surface area (Å²) in [6.07, 6.45) is 2.25. The highest BCUT2D eigenvalue weighted by atomic mass is 16.3. The van der Waals surface area contributed by atoms with Gasteiger partial charge in [0.2, 0.25) is 0 Å². The predicted molar refractivity (Wildman–Crippen MR) is 113 cm³/mol. The van der Waals surface area contributed by atoms with Crippen LogP contribution >= 0.6 is 0 Å². The summed E-state index contributed by atoms with van der Waals surface area (Å²) in [5, 5.41) is 9.27. The molecule has 0 spiro atoms. The predicted octanol–water partition coefficient (Wildman–Crippen LogP) is 1.77. The molecule has 2 aromatic rings.